The Morgan fingerprint density at radius 2 is 0.891 bits per heavy atom. The van der Waals surface area contributed by atoms with Crippen molar-refractivity contribution < 1.29 is 59.8 Å². The highest BCUT2D eigenvalue weighted by molar-refractivity contribution is 5.72. The van der Waals surface area contributed by atoms with Gasteiger partial charge in [-0.15, -0.1) is 0 Å². The minimum atomic E-state index is -1.57. The number of hydrogen-bond donors (Lipinski definition) is 8. The lowest BCUT2D eigenvalue weighted by Gasteiger charge is -2.49. The quantitative estimate of drug-likeness (QED) is 0.191. The van der Waals surface area contributed by atoms with Crippen LogP contribution in [0.4, 0.5) is 0 Å². The average molecular weight is 639 g/mol. The van der Waals surface area contributed by atoms with Crippen molar-refractivity contribution in [2.75, 3.05) is 13.2 Å². The van der Waals surface area contributed by atoms with Crippen molar-refractivity contribution in [3.8, 4) is 33.8 Å². The van der Waals surface area contributed by atoms with Crippen molar-refractivity contribution >= 4 is 0 Å². The first-order chi connectivity index (χ1) is 22.1. The summed E-state index contributed by atoms with van der Waals surface area (Å²) in [5.41, 5.74) is 5.67. The monoisotopic (exact) mass is 638 g/mol. The van der Waals surface area contributed by atoms with Gasteiger partial charge < -0.3 is 59.8 Å². The molecule has 0 radical (unpaired) electrons. The van der Waals surface area contributed by atoms with Crippen molar-refractivity contribution in [2.45, 2.75) is 86.1 Å². The van der Waals surface area contributed by atoms with Gasteiger partial charge in [-0.25, -0.2) is 0 Å². The van der Waals surface area contributed by atoms with E-state index in [1.54, 1.807) is 12.1 Å². The molecule has 3 aromatic carbocycles. The molecule has 2 spiro atoms. The van der Waals surface area contributed by atoms with E-state index in [0.717, 1.165) is 33.4 Å². The largest absolute Gasteiger partial charge is 0.459 e. The maximum absolute atomic E-state index is 10.7. The predicted octanol–water partition coefficient (Wildman–Crippen LogP) is 0.0108. The third-order valence-electron chi connectivity index (χ3n) is 9.80. The molecule has 8 N–H and O–H groups in total. The molecule has 12 nitrogen and oxygen atoms in total. The molecule has 0 unspecified atom stereocenters. The van der Waals surface area contributed by atoms with E-state index in [1.165, 1.54) is 0 Å². The summed E-state index contributed by atoms with van der Waals surface area (Å²) in [6, 6.07) is 19.4. The molecule has 2 fully saturated rings. The van der Waals surface area contributed by atoms with E-state index < -0.39 is 73.6 Å². The molecule has 4 aliphatic heterocycles. The second-order valence-corrected chi connectivity index (χ2v) is 12.6. The lowest BCUT2D eigenvalue weighted by atomic mass is 9.86. The summed E-state index contributed by atoms with van der Waals surface area (Å²) in [5.74, 6) is -2.16. The van der Waals surface area contributed by atoms with Crippen molar-refractivity contribution in [3.63, 3.8) is 0 Å². The van der Waals surface area contributed by atoms with Crippen molar-refractivity contribution in [2.24, 2.45) is 0 Å². The van der Waals surface area contributed by atoms with Gasteiger partial charge in [-0.05, 0) is 70.5 Å². The number of rotatable bonds is 4. The molecule has 10 atom stereocenters. The van der Waals surface area contributed by atoms with Crippen molar-refractivity contribution in [1.29, 1.82) is 0 Å². The van der Waals surface area contributed by atoms with Crippen LogP contribution in [0.5, 0.6) is 11.5 Å². The minimum Gasteiger partial charge on any atom is -0.459 e. The van der Waals surface area contributed by atoms with Gasteiger partial charge in [0.15, 0.2) is 0 Å². The van der Waals surface area contributed by atoms with Crippen LogP contribution >= 0.6 is 0 Å². The maximum atomic E-state index is 10.7. The number of fused-ring (bicyclic) bond motifs is 2. The maximum Gasteiger partial charge on any atom is 0.240 e. The molecule has 3 aromatic rings. The van der Waals surface area contributed by atoms with Crippen LogP contribution in [0.1, 0.15) is 24.0 Å². The van der Waals surface area contributed by atoms with Crippen molar-refractivity contribution in [3.05, 3.63) is 71.8 Å². The van der Waals surface area contributed by atoms with Gasteiger partial charge in [-0.1, -0.05) is 36.4 Å². The molecule has 4 heterocycles. The standard InChI is InChI=1S/C34H38O12/c35-15-25-27(37)29(39)31(41)33(45-25)11-9-21-13-19(5-7-23(21)43-33)17-1-2-18(4-3-17)20-6-8-24-22(14-20)10-12-34(44-24)32(42)30(40)28(38)26(16-36)46-34/h1-8,13-14,25-32,35-42H,9-12,15-16H2/t25-,26-,27-,28-,29+,30+,31+,32+,33+,34+/m1/s1. The van der Waals surface area contributed by atoms with Gasteiger partial charge in [0.2, 0.25) is 11.6 Å². The van der Waals surface area contributed by atoms with E-state index in [9.17, 15) is 40.9 Å². The summed E-state index contributed by atoms with van der Waals surface area (Å²) in [6.45, 7) is -1.06. The smallest absolute Gasteiger partial charge is 0.240 e. The molecular formula is C34H38O12. The van der Waals surface area contributed by atoms with Crippen molar-refractivity contribution in [1.82, 2.24) is 0 Å². The highest BCUT2D eigenvalue weighted by Gasteiger charge is 2.57. The molecule has 2 saturated heterocycles. The number of aliphatic hydroxyl groups is 8. The average Bonchev–Trinajstić information content (AvgIpc) is 3.09. The summed E-state index contributed by atoms with van der Waals surface area (Å²) in [4.78, 5) is 0. The van der Waals surface area contributed by atoms with E-state index in [1.807, 2.05) is 48.5 Å². The van der Waals surface area contributed by atoms with Crippen LogP contribution in [0, 0.1) is 0 Å². The molecule has 0 aromatic heterocycles. The van der Waals surface area contributed by atoms with Crippen LogP contribution in [-0.2, 0) is 22.3 Å². The molecule has 0 amide bonds. The first-order valence-electron chi connectivity index (χ1n) is 15.5. The van der Waals surface area contributed by atoms with E-state index in [0.29, 0.717) is 24.3 Å². The fourth-order valence-electron chi connectivity index (χ4n) is 7.05. The molecule has 246 valence electrons. The van der Waals surface area contributed by atoms with Gasteiger partial charge in [0, 0.05) is 12.8 Å². The molecule has 4 aliphatic rings. The van der Waals surface area contributed by atoms with Crippen LogP contribution in [0.3, 0.4) is 0 Å². The third kappa shape index (κ3) is 5.10. The highest BCUT2D eigenvalue weighted by atomic mass is 16.7. The summed E-state index contributed by atoms with van der Waals surface area (Å²) in [5, 5.41) is 81.5. The molecule has 0 saturated carbocycles. The van der Waals surface area contributed by atoms with Crippen LogP contribution in [0.15, 0.2) is 60.7 Å². The normalized spacial score (nSPS) is 36.9. The Hall–Kier alpha value is -3.14. The zero-order chi connectivity index (χ0) is 32.4. The van der Waals surface area contributed by atoms with Gasteiger partial charge in [0.25, 0.3) is 0 Å². The third-order valence-corrected chi connectivity index (χ3v) is 9.80. The number of aryl methyl sites for hydroxylation is 2. The fourth-order valence-corrected chi connectivity index (χ4v) is 7.05. The van der Waals surface area contributed by atoms with Crippen LogP contribution in [0.2, 0.25) is 0 Å². The highest BCUT2D eigenvalue weighted by Crippen LogP contribution is 2.44. The summed E-state index contributed by atoms with van der Waals surface area (Å²) in [7, 11) is 0. The minimum absolute atomic E-state index is 0.225. The van der Waals surface area contributed by atoms with Crippen LogP contribution in [0.25, 0.3) is 22.3 Å². The number of ether oxygens (including phenoxy) is 4. The Labute approximate surface area is 264 Å². The van der Waals surface area contributed by atoms with E-state index in [2.05, 4.69) is 0 Å². The first-order valence-corrected chi connectivity index (χ1v) is 15.5. The topological polar surface area (TPSA) is 199 Å². The second-order valence-electron chi connectivity index (χ2n) is 12.6. The Bertz CT molecular complexity index is 1460. The second kappa shape index (κ2) is 11.8. The van der Waals surface area contributed by atoms with Gasteiger partial charge in [0.05, 0.1) is 13.2 Å². The van der Waals surface area contributed by atoms with Gasteiger partial charge >= 0.3 is 0 Å². The SMILES string of the molecule is OC[C@H]1O[C@@]2(CCc3cc(-c4ccc(-c5ccc6c(c5)CC[C@]5(O6)O[C@H](CO)[C@@H](O)[C@H](O)[C@@H]5O)cc4)ccc3O2)[C@@H](O)[C@@H](O)[C@@H]1O. The fraction of sp³-hybridized carbons (Fsp3) is 0.471. The Morgan fingerprint density at radius 3 is 1.26 bits per heavy atom. The zero-order valence-electron chi connectivity index (χ0n) is 24.8. The van der Waals surface area contributed by atoms with Crippen LogP contribution < -0.4 is 9.47 Å². The first kappa shape index (κ1) is 31.5. The lowest BCUT2D eigenvalue weighted by Crippen LogP contribution is -2.68. The zero-order valence-corrected chi connectivity index (χ0v) is 24.8. The van der Waals surface area contributed by atoms with Gasteiger partial charge in [-0.3, -0.25) is 0 Å². The summed E-state index contributed by atoms with van der Waals surface area (Å²) >= 11 is 0. The number of aliphatic hydroxyl groups excluding tert-OH is 8. The van der Waals surface area contributed by atoms with E-state index >= 15 is 0 Å². The molecule has 12 heteroatoms. The van der Waals surface area contributed by atoms with E-state index in [-0.39, 0.29) is 12.8 Å². The number of benzene rings is 3. The van der Waals surface area contributed by atoms with Crippen LogP contribution in [-0.4, -0.2) is 114 Å². The Balaban J connectivity index is 1.07. The molecular weight excluding hydrogens is 600 g/mol. The number of hydrogen-bond acceptors (Lipinski definition) is 12. The molecule has 0 aliphatic carbocycles. The summed E-state index contributed by atoms with van der Waals surface area (Å²) < 4.78 is 23.7. The summed E-state index contributed by atoms with van der Waals surface area (Å²) in [6.07, 6.45) is -9.63. The Kier molecular flexibility index (Phi) is 8.09. The lowest BCUT2D eigenvalue weighted by molar-refractivity contribution is -0.342. The molecule has 46 heavy (non-hydrogen) atoms. The van der Waals surface area contributed by atoms with Gasteiger partial charge in [-0.2, -0.15) is 0 Å². The Morgan fingerprint density at radius 1 is 0.522 bits per heavy atom. The molecule has 7 rings (SSSR count). The molecule has 0 bridgehead atoms. The van der Waals surface area contributed by atoms with E-state index in [4.69, 9.17) is 18.9 Å². The predicted molar refractivity (Wildman–Crippen MR) is 161 cm³/mol. The van der Waals surface area contributed by atoms with Gasteiger partial charge in [0.1, 0.15) is 60.3 Å².